The predicted molar refractivity (Wildman–Crippen MR) is 204 cm³/mol. The van der Waals surface area contributed by atoms with Crippen LogP contribution in [0.3, 0.4) is 0 Å². The van der Waals surface area contributed by atoms with Crippen LogP contribution in [-0.2, 0) is 0 Å². The zero-order chi connectivity index (χ0) is 33.4. The highest BCUT2D eigenvalue weighted by atomic mass is 28.3. The van der Waals surface area contributed by atoms with Gasteiger partial charge in [-0.2, -0.15) is 0 Å². The van der Waals surface area contributed by atoms with Crippen LogP contribution in [0.2, 0.25) is 5.54 Å². The Bertz CT molecular complexity index is 1310. The van der Waals surface area contributed by atoms with Crippen LogP contribution in [0.5, 0.6) is 0 Å². The molecule has 1 unspecified atom stereocenters. The normalized spacial score (nSPS) is 15.7. The SMILES string of the molecule is CC(C)C1=CC=CC1[Si](c1cc(C(C)C)cc(C(C)C)c1)(c1cc(C(C)C)cc(C(C)C)c1)c1cc(C(C)C)cc(C(C)C)c1. The lowest BCUT2D eigenvalue weighted by Crippen LogP contribution is -2.70. The summed E-state index contributed by atoms with van der Waals surface area (Å²) in [6, 6.07) is 23.3. The molecule has 0 aromatic heterocycles. The molecule has 0 spiro atoms. The second-order valence-corrected chi connectivity index (χ2v) is 20.1. The van der Waals surface area contributed by atoms with Crippen LogP contribution in [0.4, 0.5) is 0 Å². The molecule has 0 amide bonds. The average molecular weight is 619 g/mol. The molecular weight excluding hydrogens is 557 g/mol. The maximum atomic E-state index is 2.64. The lowest BCUT2D eigenvalue weighted by Gasteiger charge is -2.42. The quantitative estimate of drug-likeness (QED) is 0.148. The fourth-order valence-corrected chi connectivity index (χ4v) is 13.0. The first-order valence-corrected chi connectivity index (χ1v) is 20.0. The number of hydrogen-bond donors (Lipinski definition) is 0. The molecule has 0 aliphatic heterocycles. The summed E-state index contributed by atoms with van der Waals surface area (Å²) in [5.74, 6) is 3.28. The third-order valence-corrected chi connectivity index (χ3v) is 15.4. The van der Waals surface area contributed by atoms with Crippen LogP contribution in [0, 0.1) is 5.92 Å². The number of rotatable bonds is 11. The molecule has 1 aliphatic carbocycles. The lowest BCUT2D eigenvalue weighted by atomic mass is 9.95. The molecule has 45 heavy (non-hydrogen) atoms. The van der Waals surface area contributed by atoms with Gasteiger partial charge in [-0.3, -0.25) is 0 Å². The molecule has 0 bridgehead atoms. The van der Waals surface area contributed by atoms with E-state index in [-0.39, 0.29) is 0 Å². The summed E-state index contributed by atoms with van der Waals surface area (Å²) in [7, 11) is -2.74. The Hall–Kier alpha value is -2.64. The second-order valence-electron chi connectivity index (χ2n) is 16.1. The van der Waals surface area contributed by atoms with E-state index in [0.717, 1.165) is 0 Å². The van der Waals surface area contributed by atoms with Crippen molar-refractivity contribution >= 4 is 23.6 Å². The smallest absolute Gasteiger partial charge is 0.0790 e. The molecule has 0 radical (unpaired) electrons. The van der Waals surface area contributed by atoms with Crippen molar-refractivity contribution < 1.29 is 0 Å². The Kier molecular flexibility index (Phi) is 11.0. The summed E-state index contributed by atoms with van der Waals surface area (Å²) < 4.78 is 0. The summed E-state index contributed by atoms with van der Waals surface area (Å²) >= 11 is 0. The summed E-state index contributed by atoms with van der Waals surface area (Å²) in [6.45, 7) is 33.2. The largest absolute Gasteiger partial charge is 0.159 e. The highest BCUT2D eigenvalue weighted by Gasteiger charge is 2.49. The molecule has 0 saturated carbocycles. The van der Waals surface area contributed by atoms with Crippen LogP contribution < -0.4 is 15.6 Å². The fraction of sp³-hybridized carbons (Fsp3) is 0.500. The van der Waals surface area contributed by atoms with Crippen LogP contribution in [0.25, 0.3) is 0 Å². The van der Waals surface area contributed by atoms with E-state index in [9.17, 15) is 0 Å². The Morgan fingerprint density at radius 3 is 0.867 bits per heavy atom. The molecule has 0 N–H and O–H groups in total. The molecule has 3 aromatic rings. The molecule has 1 atom stereocenters. The highest BCUT2D eigenvalue weighted by Crippen LogP contribution is 2.41. The van der Waals surface area contributed by atoms with Crippen molar-refractivity contribution in [3.05, 3.63) is 112 Å². The van der Waals surface area contributed by atoms with Gasteiger partial charge >= 0.3 is 0 Å². The maximum Gasteiger partial charge on any atom is 0.159 e. The molecule has 0 saturated heterocycles. The Balaban J connectivity index is 2.35. The van der Waals surface area contributed by atoms with Gasteiger partial charge in [0, 0.05) is 5.54 Å². The van der Waals surface area contributed by atoms with Crippen LogP contribution >= 0.6 is 0 Å². The standard InChI is InChI=1S/C44H62Si/c1-27(2)34-18-35(28(3)4)22-40(21-34)45(44-17-15-16-43(44)33(13)14,41-23-36(29(5)6)19-37(24-41)30(7)8)42-25-38(31(9)10)20-39(26-42)32(11)12/h15-33,44H,1-14H3. The van der Waals surface area contributed by atoms with E-state index in [4.69, 9.17) is 0 Å². The number of hydrogen-bond acceptors (Lipinski definition) is 0. The van der Waals surface area contributed by atoms with Crippen LogP contribution in [-0.4, -0.2) is 8.07 Å². The first-order valence-electron chi connectivity index (χ1n) is 17.9. The van der Waals surface area contributed by atoms with Crippen molar-refractivity contribution in [1.29, 1.82) is 0 Å². The highest BCUT2D eigenvalue weighted by molar-refractivity contribution is 7.13. The lowest BCUT2D eigenvalue weighted by molar-refractivity contribution is 0.748. The van der Waals surface area contributed by atoms with Crippen molar-refractivity contribution in [2.24, 2.45) is 5.92 Å². The van der Waals surface area contributed by atoms with Gasteiger partial charge in [0.25, 0.3) is 0 Å². The van der Waals surface area contributed by atoms with Gasteiger partial charge < -0.3 is 0 Å². The molecule has 242 valence electrons. The monoisotopic (exact) mass is 618 g/mol. The van der Waals surface area contributed by atoms with Crippen molar-refractivity contribution in [1.82, 2.24) is 0 Å². The van der Waals surface area contributed by atoms with E-state index in [1.54, 1.807) is 21.1 Å². The van der Waals surface area contributed by atoms with Crippen molar-refractivity contribution in [3.8, 4) is 0 Å². The van der Waals surface area contributed by atoms with Gasteiger partial charge in [-0.25, -0.2) is 0 Å². The van der Waals surface area contributed by atoms with Gasteiger partial charge in [0.15, 0.2) is 8.07 Å². The predicted octanol–water partition coefficient (Wildman–Crippen LogP) is 11.4. The Labute approximate surface area is 278 Å². The Morgan fingerprint density at radius 2 is 0.644 bits per heavy atom. The average Bonchev–Trinajstić information content (AvgIpc) is 3.47. The molecule has 0 heterocycles. The van der Waals surface area contributed by atoms with Gasteiger partial charge in [0.05, 0.1) is 0 Å². The zero-order valence-electron chi connectivity index (χ0n) is 31.0. The van der Waals surface area contributed by atoms with E-state index in [2.05, 4.69) is 170 Å². The maximum absolute atomic E-state index is 2.74. The minimum absolute atomic E-state index is 0.352. The van der Waals surface area contributed by atoms with E-state index in [1.165, 1.54) is 33.4 Å². The molecule has 0 fully saturated rings. The molecular formula is C44H62Si. The van der Waals surface area contributed by atoms with E-state index in [0.29, 0.717) is 47.0 Å². The number of benzene rings is 3. The van der Waals surface area contributed by atoms with Gasteiger partial charge in [-0.1, -0.05) is 175 Å². The summed E-state index contributed by atoms with van der Waals surface area (Å²) in [6.07, 6.45) is 7.42. The summed E-state index contributed by atoms with van der Waals surface area (Å²) in [4.78, 5) is 0. The van der Waals surface area contributed by atoms with E-state index in [1.807, 2.05) is 0 Å². The first-order chi connectivity index (χ1) is 21.1. The van der Waals surface area contributed by atoms with Crippen LogP contribution in [0.1, 0.15) is 166 Å². The third-order valence-electron chi connectivity index (χ3n) is 10.4. The van der Waals surface area contributed by atoms with Crippen molar-refractivity contribution in [3.63, 3.8) is 0 Å². The van der Waals surface area contributed by atoms with Crippen molar-refractivity contribution in [2.45, 2.75) is 138 Å². The topological polar surface area (TPSA) is 0 Å². The zero-order valence-corrected chi connectivity index (χ0v) is 32.0. The molecule has 0 nitrogen and oxygen atoms in total. The Morgan fingerprint density at radius 1 is 0.378 bits per heavy atom. The minimum Gasteiger partial charge on any atom is -0.0790 e. The molecule has 1 heteroatoms. The second kappa shape index (κ2) is 14.0. The summed E-state index contributed by atoms with van der Waals surface area (Å²) in [5.41, 5.74) is 10.8. The summed E-state index contributed by atoms with van der Waals surface area (Å²) in [5, 5.41) is 4.73. The van der Waals surface area contributed by atoms with E-state index >= 15 is 0 Å². The number of allylic oxidation sites excluding steroid dienone is 4. The van der Waals surface area contributed by atoms with Crippen LogP contribution in [0.15, 0.2) is 78.4 Å². The van der Waals surface area contributed by atoms with Gasteiger partial charge in [-0.05, 0) is 90.4 Å². The van der Waals surface area contributed by atoms with Crippen molar-refractivity contribution in [2.75, 3.05) is 0 Å². The van der Waals surface area contributed by atoms with Gasteiger partial charge in [-0.15, -0.1) is 0 Å². The minimum atomic E-state index is -2.74. The third kappa shape index (κ3) is 7.05. The molecule has 1 aliphatic rings. The van der Waals surface area contributed by atoms with Gasteiger partial charge in [0.1, 0.15) is 0 Å². The van der Waals surface area contributed by atoms with E-state index < -0.39 is 8.07 Å². The molecule has 4 rings (SSSR count). The van der Waals surface area contributed by atoms with Gasteiger partial charge in [0.2, 0.25) is 0 Å². The first kappa shape index (κ1) is 35.2. The molecule has 3 aromatic carbocycles. The fourth-order valence-electron chi connectivity index (χ4n) is 7.19.